The Hall–Kier alpha value is -1.40. The van der Waals surface area contributed by atoms with E-state index in [-0.39, 0.29) is 30.5 Å². The number of hydrogen-bond acceptors (Lipinski definition) is 4. The third-order valence-electron chi connectivity index (χ3n) is 2.74. The van der Waals surface area contributed by atoms with Gasteiger partial charge in [0.05, 0.1) is 12.6 Å². The summed E-state index contributed by atoms with van der Waals surface area (Å²) in [7, 11) is 0. The number of nitrogens with two attached hydrogens (primary N) is 1. The van der Waals surface area contributed by atoms with Gasteiger partial charge in [-0.1, -0.05) is 19.9 Å². The lowest BCUT2D eigenvalue weighted by Gasteiger charge is -2.22. The van der Waals surface area contributed by atoms with E-state index in [0.29, 0.717) is 13.0 Å². The Bertz CT molecular complexity index is 329. The van der Waals surface area contributed by atoms with Crippen LogP contribution in [0.2, 0.25) is 0 Å². The zero-order chi connectivity index (χ0) is 13.5. The third-order valence-corrected chi connectivity index (χ3v) is 2.74. The maximum Gasteiger partial charge on any atom is 0.245 e. The van der Waals surface area contributed by atoms with Crippen molar-refractivity contribution in [1.29, 1.82) is 0 Å². The molecule has 0 aliphatic carbocycles. The van der Waals surface area contributed by atoms with Crippen LogP contribution in [0.5, 0.6) is 0 Å². The van der Waals surface area contributed by atoms with E-state index in [1.54, 1.807) is 6.08 Å². The summed E-state index contributed by atoms with van der Waals surface area (Å²) in [4.78, 5) is 23.2. The topological polar surface area (TPSA) is 93.4 Å². The molecular weight excluding hydrogens is 234 g/mol. The minimum Gasteiger partial charge on any atom is -0.361 e. The quantitative estimate of drug-likeness (QED) is 0.589. The number of ether oxygens (including phenoxy) is 1. The van der Waals surface area contributed by atoms with Crippen molar-refractivity contribution in [3.8, 4) is 0 Å². The molecule has 2 amide bonds. The monoisotopic (exact) mass is 255 g/mol. The minimum atomic E-state index is -0.588. The first-order chi connectivity index (χ1) is 8.50. The van der Waals surface area contributed by atoms with Gasteiger partial charge < -0.3 is 21.1 Å². The summed E-state index contributed by atoms with van der Waals surface area (Å²) in [6.07, 6.45) is 3.50. The number of amides is 2. The zero-order valence-electron chi connectivity index (χ0n) is 10.8. The summed E-state index contributed by atoms with van der Waals surface area (Å²) in [5.41, 5.74) is 5.74. The van der Waals surface area contributed by atoms with Gasteiger partial charge in [-0.2, -0.15) is 0 Å². The standard InChI is InChI=1S/C12H21N3O3/c1-8(2)10-3-4-11(16)14-7-18-6-5-9(13)12(17)15-10/h3-4,8-10H,5-7,13H2,1-2H3,(H,14,16)(H,15,17)/b4-3+/t9-,10+/m0/s1. The van der Waals surface area contributed by atoms with Gasteiger partial charge >= 0.3 is 0 Å². The van der Waals surface area contributed by atoms with Gasteiger partial charge in [0.1, 0.15) is 6.73 Å². The Kier molecular flexibility index (Phi) is 5.80. The first-order valence-electron chi connectivity index (χ1n) is 6.10. The first kappa shape index (κ1) is 14.7. The van der Waals surface area contributed by atoms with E-state index >= 15 is 0 Å². The first-order valence-corrected chi connectivity index (χ1v) is 6.10. The molecule has 0 unspecified atom stereocenters. The van der Waals surface area contributed by atoms with Crippen LogP contribution in [0.15, 0.2) is 12.2 Å². The van der Waals surface area contributed by atoms with Crippen molar-refractivity contribution in [3.05, 3.63) is 12.2 Å². The van der Waals surface area contributed by atoms with Crippen LogP contribution in [0.1, 0.15) is 20.3 Å². The van der Waals surface area contributed by atoms with E-state index in [2.05, 4.69) is 10.6 Å². The summed E-state index contributed by atoms with van der Waals surface area (Å²) < 4.78 is 5.14. The molecule has 18 heavy (non-hydrogen) atoms. The van der Waals surface area contributed by atoms with Gasteiger partial charge in [0, 0.05) is 12.1 Å². The molecule has 4 N–H and O–H groups in total. The van der Waals surface area contributed by atoms with E-state index in [9.17, 15) is 9.59 Å². The normalized spacial score (nSPS) is 28.9. The highest BCUT2D eigenvalue weighted by Crippen LogP contribution is 2.04. The molecule has 1 rings (SSSR count). The second-order valence-electron chi connectivity index (χ2n) is 4.63. The van der Waals surface area contributed by atoms with Crippen LogP contribution in [0.3, 0.4) is 0 Å². The Morgan fingerprint density at radius 2 is 2.17 bits per heavy atom. The van der Waals surface area contributed by atoms with Crippen LogP contribution >= 0.6 is 0 Å². The second kappa shape index (κ2) is 7.13. The van der Waals surface area contributed by atoms with Crippen molar-refractivity contribution >= 4 is 11.8 Å². The van der Waals surface area contributed by atoms with Crippen LogP contribution in [-0.4, -0.2) is 37.2 Å². The molecule has 0 aromatic carbocycles. The summed E-state index contributed by atoms with van der Waals surface area (Å²) in [5.74, 6) is -0.271. The molecule has 1 heterocycles. The number of hydrogen-bond donors (Lipinski definition) is 3. The van der Waals surface area contributed by atoms with Gasteiger partial charge in [-0.3, -0.25) is 9.59 Å². The van der Waals surface area contributed by atoms with Crippen LogP contribution in [0, 0.1) is 5.92 Å². The summed E-state index contributed by atoms with van der Waals surface area (Å²) in [5, 5.41) is 5.40. The van der Waals surface area contributed by atoms with Gasteiger partial charge in [-0.05, 0) is 12.3 Å². The number of carbonyl (C=O) groups is 2. The largest absolute Gasteiger partial charge is 0.361 e. The fourth-order valence-electron chi connectivity index (χ4n) is 1.49. The lowest BCUT2D eigenvalue weighted by molar-refractivity contribution is -0.124. The predicted molar refractivity (Wildman–Crippen MR) is 67.5 cm³/mol. The minimum absolute atomic E-state index is 0.129. The maximum atomic E-state index is 11.8. The van der Waals surface area contributed by atoms with E-state index < -0.39 is 6.04 Å². The molecule has 6 nitrogen and oxygen atoms in total. The van der Waals surface area contributed by atoms with Crippen molar-refractivity contribution in [1.82, 2.24) is 10.6 Å². The molecule has 2 atom stereocenters. The molecule has 6 heteroatoms. The van der Waals surface area contributed by atoms with Crippen molar-refractivity contribution in [2.75, 3.05) is 13.3 Å². The molecule has 0 bridgehead atoms. The van der Waals surface area contributed by atoms with Crippen LogP contribution in [0.25, 0.3) is 0 Å². The lowest BCUT2D eigenvalue weighted by Crippen LogP contribution is -2.47. The molecule has 1 aliphatic rings. The van der Waals surface area contributed by atoms with E-state index in [0.717, 1.165) is 0 Å². The van der Waals surface area contributed by atoms with Crippen molar-refractivity contribution in [2.45, 2.75) is 32.4 Å². The molecule has 0 aromatic heterocycles. The Morgan fingerprint density at radius 3 is 2.83 bits per heavy atom. The fraction of sp³-hybridized carbons (Fsp3) is 0.667. The Labute approximate surface area is 107 Å². The molecule has 0 aromatic rings. The van der Waals surface area contributed by atoms with Gasteiger partial charge in [0.15, 0.2) is 0 Å². The van der Waals surface area contributed by atoms with Gasteiger partial charge in [0.2, 0.25) is 11.8 Å². The molecule has 0 saturated carbocycles. The van der Waals surface area contributed by atoms with Gasteiger partial charge in [-0.15, -0.1) is 0 Å². The summed E-state index contributed by atoms with van der Waals surface area (Å²) >= 11 is 0. The van der Waals surface area contributed by atoms with Crippen LogP contribution in [0.4, 0.5) is 0 Å². The maximum absolute atomic E-state index is 11.8. The summed E-state index contributed by atoms with van der Waals surface area (Å²) in [6.45, 7) is 4.40. The number of rotatable bonds is 1. The molecule has 102 valence electrons. The second-order valence-corrected chi connectivity index (χ2v) is 4.63. The van der Waals surface area contributed by atoms with Crippen molar-refractivity contribution in [3.63, 3.8) is 0 Å². The van der Waals surface area contributed by atoms with Crippen molar-refractivity contribution in [2.24, 2.45) is 11.7 Å². The smallest absolute Gasteiger partial charge is 0.245 e. The summed E-state index contributed by atoms with van der Waals surface area (Å²) in [6, 6.07) is -0.788. The van der Waals surface area contributed by atoms with Crippen LogP contribution in [-0.2, 0) is 14.3 Å². The molecule has 0 radical (unpaired) electrons. The highest BCUT2D eigenvalue weighted by Gasteiger charge is 2.19. The highest BCUT2D eigenvalue weighted by atomic mass is 16.5. The number of carbonyl (C=O) groups excluding carboxylic acids is 2. The zero-order valence-corrected chi connectivity index (χ0v) is 10.8. The average molecular weight is 255 g/mol. The average Bonchev–Trinajstić information content (AvgIpc) is 2.31. The van der Waals surface area contributed by atoms with Gasteiger partial charge in [0.25, 0.3) is 0 Å². The van der Waals surface area contributed by atoms with Crippen LogP contribution < -0.4 is 16.4 Å². The Balaban J connectivity index is 2.76. The molecule has 0 spiro atoms. The SMILES string of the molecule is CC(C)[C@H]1/C=C/C(=O)NCOCC[C@H](N)C(=O)N1. The van der Waals surface area contributed by atoms with Crippen molar-refractivity contribution < 1.29 is 14.3 Å². The lowest BCUT2D eigenvalue weighted by atomic mass is 10.0. The highest BCUT2D eigenvalue weighted by molar-refractivity contribution is 5.87. The third kappa shape index (κ3) is 4.85. The van der Waals surface area contributed by atoms with E-state index in [1.807, 2.05) is 13.8 Å². The number of nitrogens with one attached hydrogen (secondary N) is 2. The Morgan fingerprint density at radius 1 is 1.44 bits per heavy atom. The fourth-order valence-corrected chi connectivity index (χ4v) is 1.49. The van der Waals surface area contributed by atoms with E-state index in [1.165, 1.54) is 6.08 Å². The predicted octanol–water partition coefficient (Wildman–Crippen LogP) is -0.495. The molecule has 1 aliphatic heterocycles. The van der Waals surface area contributed by atoms with Gasteiger partial charge in [-0.25, -0.2) is 0 Å². The molecule has 0 saturated heterocycles. The van der Waals surface area contributed by atoms with E-state index in [4.69, 9.17) is 10.5 Å². The molecular formula is C12H21N3O3. The molecule has 0 fully saturated rings.